The monoisotopic (exact) mass is 285 g/mol. The number of nitrogens with zero attached hydrogens (tertiary/aromatic N) is 2. The highest BCUT2D eigenvalue weighted by Gasteiger charge is 2.23. The lowest BCUT2D eigenvalue weighted by molar-refractivity contribution is 0.232. The van der Waals surface area contributed by atoms with Crippen LogP contribution in [0.4, 0.5) is 5.82 Å². The number of anilines is 1. The third-order valence-electron chi connectivity index (χ3n) is 2.91. The fourth-order valence-corrected chi connectivity index (χ4v) is 3.46. The van der Waals surface area contributed by atoms with Crippen LogP contribution in [0.3, 0.4) is 0 Å². The maximum Gasteiger partial charge on any atom is 0.218 e. The fourth-order valence-electron chi connectivity index (χ4n) is 1.97. The molecule has 1 aromatic rings. The highest BCUT2D eigenvalue weighted by atomic mass is 32.2. The van der Waals surface area contributed by atoms with Gasteiger partial charge >= 0.3 is 0 Å². The van der Waals surface area contributed by atoms with Crippen molar-refractivity contribution in [2.75, 3.05) is 16.8 Å². The number of sulfone groups is 1. The summed E-state index contributed by atoms with van der Waals surface area (Å²) < 4.78 is 28.2. The van der Waals surface area contributed by atoms with Gasteiger partial charge in [0.15, 0.2) is 0 Å². The first-order valence-electron chi connectivity index (χ1n) is 6.40. The van der Waals surface area contributed by atoms with Gasteiger partial charge in [0.25, 0.3) is 0 Å². The van der Waals surface area contributed by atoms with Gasteiger partial charge in [-0.2, -0.15) is 0 Å². The number of aromatic nitrogens is 2. The van der Waals surface area contributed by atoms with Crippen LogP contribution in [-0.4, -0.2) is 42.0 Å². The average Bonchev–Trinajstić information content (AvgIpc) is 2.32. The number of ether oxygens (including phenoxy) is 1. The molecular formula is C12H19N3O3S. The molecule has 0 amide bonds. The largest absolute Gasteiger partial charge is 0.475 e. The molecule has 0 radical (unpaired) electrons. The molecule has 2 rings (SSSR count). The summed E-state index contributed by atoms with van der Waals surface area (Å²) in [6, 6.07) is 1.88. The zero-order valence-corrected chi connectivity index (χ0v) is 12.0. The van der Waals surface area contributed by atoms with Crippen molar-refractivity contribution in [2.24, 2.45) is 0 Å². The second-order valence-electron chi connectivity index (χ2n) is 4.98. The quantitative estimate of drug-likeness (QED) is 0.896. The molecule has 0 spiro atoms. The Kier molecular flexibility index (Phi) is 4.24. The third kappa shape index (κ3) is 4.34. The van der Waals surface area contributed by atoms with Crippen molar-refractivity contribution in [2.45, 2.75) is 38.8 Å². The average molecular weight is 285 g/mol. The lowest BCUT2D eigenvalue weighted by atomic mass is 10.1. The van der Waals surface area contributed by atoms with Gasteiger partial charge in [-0.25, -0.2) is 18.4 Å². The van der Waals surface area contributed by atoms with E-state index in [1.165, 1.54) is 6.33 Å². The maximum absolute atomic E-state index is 11.4. The summed E-state index contributed by atoms with van der Waals surface area (Å²) in [5, 5.41) is 3.24. The standard InChI is InChI=1S/C12H19N3O3S/c1-9(2)18-12-7-11(13-8-14-12)15-10-3-5-19(16,17)6-4-10/h7-10H,3-6H2,1-2H3,(H,13,14,15). The van der Waals surface area contributed by atoms with Gasteiger partial charge < -0.3 is 10.1 Å². The van der Waals surface area contributed by atoms with Crippen LogP contribution in [0, 0.1) is 0 Å². The van der Waals surface area contributed by atoms with E-state index in [9.17, 15) is 8.42 Å². The summed E-state index contributed by atoms with van der Waals surface area (Å²) in [5.41, 5.74) is 0. The van der Waals surface area contributed by atoms with Gasteiger partial charge in [0, 0.05) is 12.1 Å². The van der Waals surface area contributed by atoms with E-state index >= 15 is 0 Å². The van der Waals surface area contributed by atoms with E-state index in [0.29, 0.717) is 24.5 Å². The number of rotatable bonds is 4. The van der Waals surface area contributed by atoms with Crippen LogP contribution >= 0.6 is 0 Å². The molecule has 6 nitrogen and oxygen atoms in total. The first-order chi connectivity index (χ1) is 8.94. The SMILES string of the molecule is CC(C)Oc1cc(NC2CCS(=O)(=O)CC2)ncn1. The Morgan fingerprint density at radius 2 is 2.00 bits per heavy atom. The normalized spacial score (nSPS) is 19.3. The Labute approximate surface area is 113 Å². The van der Waals surface area contributed by atoms with Crippen molar-refractivity contribution < 1.29 is 13.2 Å². The molecule has 0 aromatic carbocycles. The molecule has 19 heavy (non-hydrogen) atoms. The Balaban J connectivity index is 1.96. The maximum atomic E-state index is 11.4. The molecular weight excluding hydrogens is 266 g/mol. The Hall–Kier alpha value is -1.37. The minimum Gasteiger partial charge on any atom is -0.475 e. The Morgan fingerprint density at radius 1 is 1.32 bits per heavy atom. The molecule has 0 aliphatic carbocycles. The lowest BCUT2D eigenvalue weighted by Gasteiger charge is -2.23. The molecule has 7 heteroatoms. The lowest BCUT2D eigenvalue weighted by Crippen LogP contribution is -2.32. The van der Waals surface area contributed by atoms with E-state index in [-0.39, 0.29) is 23.7 Å². The van der Waals surface area contributed by atoms with Gasteiger partial charge in [-0.15, -0.1) is 0 Å². The molecule has 0 atom stereocenters. The van der Waals surface area contributed by atoms with Crippen molar-refractivity contribution in [1.82, 2.24) is 9.97 Å². The van der Waals surface area contributed by atoms with Crippen LogP contribution in [-0.2, 0) is 9.84 Å². The molecule has 2 heterocycles. The van der Waals surface area contributed by atoms with Gasteiger partial charge in [0.2, 0.25) is 5.88 Å². The van der Waals surface area contributed by atoms with E-state index in [2.05, 4.69) is 15.3 Å². The highest BCUT2D eigenvalue weighted by Crippen LogP contribution is 2.18. The van der Waals surface area contributed by atoms with E-state index < -0.39 is 9.84 Å². The highest BCUT2D eigenvalue weighted by molar-refractivity contribution is 7.91. The molecule has 1 aliphatic rings. The molecule has 1 aliphatic heterocycles. The summed E-state index contributed by atoms with van der Waals surface area (Å²) >= 11 is 0. The summed E-state index contributed by atoms with van der Waals surface area (Å²) in [6.45, 7) is 3.86. The van der Waals surface area contributed by atoms with Gasteiger partial charge in [0.1, 0.15) is 22.0 Å². The molecule has 0 bridgehead atoms. The smallest absolute Gasteiger partial charge is 0.218 e. The van der Waals surface area contributed by atoms with Crippen LogP contribution in [0.25, 0.3) is 0 Å². The molecule has 1 fully saturated rings. The zero-order chi connectivity index (χ0) is 13.9. The number of nitrogens with one attached hydrogen (secondary N) is 1. The van der Waals surface area contributed by atoms with E-state index in [1.54, 1.807) is 6.07 Å². The van der Waals surface area contributed by atoms with Crippen molar-refractivity contribution in [3.05, 3.63) is 12.4 Å². The fraction of sp³-hybridized carbons (Fsp3) is 0.667. The van der Waals surface area contributed by atoms with E-state index in [4.69, 9.17) is 4.74 Å². The summed E-state index contributed by atoms with van der Waals surface area (Å²) in [5.74, 6) is 1.68. The van der Waals surface area contributed by atoms with Crippen LogP contribution < -0.4 is 10.1 Å². The van der Waals surface area contributed by atoms with Crippen molar-refractivity contribution in [3.8, 4) is 5.88 Å². The molecule has 1 aromatic heterocycles. The first kappa shape index (κ1) is 14.0. The van der Waals surface area contributed by atoms with E-state index in [0.717, 1.165) is 0 Å². The topological polar surface area (TPSA) is 81.2 Å². The minimum atomic E-state index is -2.83. The van der Waals surface area contributed by atoms with Gasteiger partial charge in [0.05, 0.1) is 17.6 Å². The molecule has 0 unspecified atom stereocenters. The second kappa shape index (κ2) is 5.73. The Morgan fingerprint density at radius 3 is 2.63 bits per heavy atom. The van der Waals surface area contributed by atoms with E-state index in [1.807, 2.05) is 13.8 Å². The van der Waals surface area contributed by atoms with Crippen molar-refractivity contribution in [1.29, 1.82) is 0 Å². The van der Waals surface area contributed by atoms with Crippen molar-refractivity contribution >= 4 is 15.7 Å². The first-order valence-corrected chi connectivity index (χ1v) is 8.22. The second-order valence-corrected chi connectivity index (χ2v) is 7.28. The summed E-state index contributed by atoms with van der Waals surface area (Å²) in [6.07, 6.45) is 2.74. The van der Waals surface area contributed by atoms with Crippen LogP contribution in [0.1, 0.15) is 26.7 Å². The summed E-state index contributed by atoms with van der Waals surface area (Å²) in [4.78, 5) is 8.15. The van der Waals surface area contributed by atoms with Crippen LogP contribution in [0.2, 0.25) is 0 Å². The number of hydrogen-bond acceptors (Lipinski definition) is 6. The molecule has 1 saturated heterocycles. The summed E-state index contributed by atoms with van der Waals surface area (Å²) in [7, 11) is -2.83. The molecule has 1 N–H and O–H groups in total. The number of hydrogen-bond donors (Lipinski definition) is 1. The zero-order valence-electron chi connectivity index (χ0n) is 11.2. The van der Waals surface area contributed by atoms with Gasteiger partial charge in [-0.05, 0) is 26.7 Å². The van der Waals surface area contributed by atoms with Gasteiger partial charge in [-0.3, -0.25) is 0 Å². The molecule has 0 saturated carbocycles. The van der Waals surface area contributed by atoms with Crippen molar-refractivity contribution in [3.63, 3.8) is 0 Å². The predicted molar refractivity (Wildman–Crippen MR) is 73.1 cm³/mol. The van der Waals surface area contributed by atoms with Crippen LogP contribution in [0.15, 0.2) is 12.4 Å². The third-order valence-corrected chi connectivity index (χ3v) is 4.62. The minimum absolute atomic E-state index is 0.0579. The van der Waals surface area contributed by atoms with Crippen LogP contribution in [0.5, 0.6) is 5.88 Å². The van der Waals surface area contributed by atoms with Gasteiger partial charge in [-0.1, -0.05) is 0 Å². The Bertz CT molecular complexity index is 517. The molecule has 106 valence electrons. The predicted octanol–water partition coefficient (Wildman–Crippen LogP) is 1.25.